The Balaban J connectivity index is 0.000000216. The van der Waals surface area contributed by atoms with Gasteiger partial charge in [-0.1, -0.05) is 50.5 Å². The standard InChI is InChI=1S/C15H17NO3.C7H6O/c1-2-3-4-5-9-16-14(18)12-8-6-7-11(10-17)13(12)15(16)19;1-3-7-4-2-6(1)5-8-7/h6-8,10H,2-5,9H2,1H3;1-4H,5H2. The zero-order valence-corrected chi connectivity index (χ0v) is 15.4. The lowest BCUT2D eigenvalue weighted by Crippen LogP contribution is -2.30. The molecule has 0 radical (unpaired) electrons. The summed E-state index contributed by atoms with van der Waals surface area (Å²) < 4.78 is 5.18. The molecule has 0 atom stereocenters. The van der Waals surface area contributed by atoms with Gasteiger partial charge in [-0.05, 0) is 30.2 Å². The van der Waals surface area contributed by atoms with E-state index in [1.807, 2.05) is 12.1 Å². The van der Waals surface area contributed by atoms with Gasteiger partial charge in [0.15, 0.2) is 6.29 Å². The molecule has 140 valence electrons. The zero-order valence-electron chi connectivity index (χ0n) is 15.4. The van der Waals surface area contributed by atoms with Crippen molar-refractivity contribution in [2.45, 2.75) is 39.2 Å². The number of fused-ring (bicyclic) bond motifs is 4. The summed E-state index contributed by atoms with van der Waals surface area (Å²) in [4.78, 5) is 36.5. The van der Waals surface area contributed by atoms with E-state index in [2.05, 4.69) is 19.1 Å². The molecule has 0 aliphatic carbocycles. The Bertz CT molecular complexity index is 819. The number of nitrogens with zero attached hydrogens (tertiary/aromatic N) is 1. The molecule has 0 saturated heterocycles. The molecule has 27 heavy (non-hydrogen) atoms. The van der Waals surface area contributed by atoms with Crippen LogP contribution in [-0.2, 0) is 6.61 Å². The minimum Gasteiger partial charge on any atom is -0.489 e. The van der Waals surface area contributed by atoms with E-state index in [1.165, 1.54) is 10.5 Å². The maximum absolute atomic E-state index is 12.2. The molecule has 5 rings (SSSR count). The lowest BCUT2D eigenvalue weighted by atomic mass is 10.0. The van der Waals surface area contributed by atoms with Crippen molar-refractivity contribution in [2.24, 2.45) is 0 Å². The van der Waals surface area contributed by atoms with Crippen LogP contribution < -0.4 is 4.74 Å². The molecule has 3 heterocycles. The van der Waals surface area contributed by atoms with Gasteiger partial charge in [0.05, 0.1) is 11.1 Å². The third-order valence-corrected chi connectivity index (χ3v) is 4.72. The molecule has 5 heteroatoms. The number of unbranched alkanes of at least 4 members (excludes halogenated alkanes) is 3. The average Bonchev–Trinajstić information content (AvgIpc) is 2.98. The predicted molar refractivity (Wildman–Crippen MR) is 102 cm³/mol. The summed E-state index contributed by atoms with van der Waals surface area (Å²) in [5, 5.41) is 0. The molecule has 2 aromatic carbocycles. The molecule has 2 amide bonds. The van der Waals surface area contributed by atoms with Crippen LogP contribution in [0.15, 0.2) is 42.5 Å². The topological polar surface area (TPSA) is 63.7 Å². The molecule has 0 fully saturated rings. The number of hydrogen-bond acceptors (Lipinski definition) is 4. The molecule has 0 N–H and O–H groups in total. The van der Waals surface area contributed by atoms with E-state index in [1.54, 1.807) is 18.2 Å². The van der Waals surface area contributed by atoms with Crippen molar-refractivity contribution in [1.82, 2.24) is 4.90 Å². The molecule has 3 aliphatic heterocycles. The van der Waals surface area contributed by atoms with Gasteiger partial charge in [0.1, 0.15) is 12.4 Å². The summed E-state index contributed by atoms with van der Waals surface area (Å²) in [7, 11) is 0. The summed E-state index contributed by atoms with van der Waals surface area (Å²) in [6.45, 7) is 3.31. The third kappa shape index (κ3) is 4.08. The van der Waals surface area contributed by atoms with Gasteiger partial charge < -0.3 is 4.74 Å². The number of aldehydes is 1. The van der Waals surface area contributed by atoms with Gasteiger partial charge in [-0.3, -0.25) is 19.3 Å². The van der Waals surface area contributed by atoms with Crippen molar-refractivity contribution in [2.75, 3.05) is 6.54 Å². The summed E-state index contributed by atoms with van der Waals surface area (Å²) >= 11 is 0. The number of imide groups is 1. The Hall–Kier alpha value is -2.95. The minimum atomic E-state index is -0.334. The molecular formula is C22H23NO4. The number of ether oxygens (including phenoxy) is 1. The highest BCUT2D eigenvalue weighted by Gasteiger charge is 2.36. The van der Waals surface area contributed by atoms with E-state index >= 15 is 0 Å². The summed E-state index contributed by atoms with van der Waals surface area (Å²) in [6, 6.07) is 12.9. The smallest absolute Gasteiger partial charge is 0.262 e. The van der Waals surface area contributed by atoms with Crippen LogP contribution in [0.5, 0.6) is 5.75 Å². The number of benzene rings is 2. The van der Waals surface area contributed by atoms with Crippen molar-refractivity contribution >= 4 is 18.1 Å². The Labute approximate surface area is 158 Å². The highest BCUT2D eigenvalue weighted by Crippen LogP contribution is 2.25. The fourth-order valence-corrected chi connectivity index (χ4v) is 3.21. The van der Waals surface area contributed by atoms with Gasteiger partial charge in [-0.25, -0.2) is 0 Å². The van der Waals surface area contributed by atoms with Crippen molar-refractivity contribution in [1.29, 1.82) is 0 Å². The molecule has 0 unspecified atom stereocenters. The number of carbonyl (C=O) groups is 3. The Morgan fingerprint density at radius 2 is 1.78 bits per heavy atom. The monoisotopic (exact) mass is 365 g/mol. The highest BCUT2D eigenvalue weighted by atomic mass is 16.5. The average molecular weight is 365 g/mol. The number of amides is 2. The first-order valence-electron chi connectivity index (χ1n) is 9.31. The van der Waals surface area contributed by atoms with E-state index in [0.29, 0.717) is 24.0 Å². The van der Waals surface area contributed by atoms with Crippen molar-refractivity contribution in [3.63, 3.8) is 0 Å². The van der Waals surface area contributed by atoms with Crippen LogP contribution in [-0.4, -0.2) is 29.5 Å². The van der Waals surface area contributed by atoms with Crippen LogP contribution in [0.1, 0.15) is 69.2 Å². The summed E-state index contributed by atoms with van der Waals surface area (Å²) in [6.07, 6.45) is 4.66. The predicted octanol–water partition coefficient (Wildman–Crippen LogP) is 4.25. The quantitative estimate of drug-likeness (QED) is 0.436. The van der Waals surface area contributed by atoms with Gasteiger partial charge in [0.2, 0.25) is 0 Å². The van der Waals surface area contributed by atoms with Crippen molar-refractivity contribution in [3.05, 3.63) is 64.7 Å². The normalized spacial score (nSPS) is 13.7. The third-order valence-electron chi connectivity index (χ3n) is 4.72. The lowest BCUT2D eigenvalue weighted by Gasteiger charge is -2.13. The van der Waals surface area contributed by atoms with E-state index < -0.39 is 0 Å². The molecule has 5 nitrogen and oxygen atoms in total. The van der Waals surface area contributed by atoms with E-state index in [0.717, 1.165) is 38.0 Å². The van der Waals surface area contributed by atoms with E-state index in [4.69, 9.17) is 4.74 Å². The molecule has 3 aliphatic rings. The summed E-state index contributed by atoms with van der Waals surface area (Å²) in [5.41, 5.74) is 2.18. The van der Waals surface area contributed by atoms with Crippen molar-refractivity contribution < 1.29 is 19.1 Å². The molecule has 0 saturated carbocycles. The van der Waals surface area contributed by atoms with Crippen molar-refractivity contribution in [3.8, 4) is 5.75 Å². The lowest BCUT2D eigenvalue weighted by molar-refractivity contribution is 0.0650. The van der Waals surface area contributed by atoms with Crippen LogP contribution >= 0.6 is 0 Å². The van der Waals surface area contributed by atoms with Gasteiger partial charge in [-0.2, -0.15) is 0 Å². The fourth-order valence-electron chi connectivity index (χ4n) is 3.21. The van der Waals surface area contributed by atoms with Crippen LogP contribution in [0, 0.1) is 0 Å². The molecule has 0 spiro atoms. The van der Waals surface area contributed by atoms with Gasteiger partial charge in [0, 0.05) is 12.1 Å². The van der Waals surface area contributed by atoms with Gasteiger partial charge in [-0.15, -0.1) is 0 Å². The second-order valence-corrected chi connectivity index (χ2v) is 6.64. The van der Waals surface area contributed by atoms with E-state index in [9.17, 15) is 14.4 Å². The van der Waals surface area contributed by atoms with Gasteiger partial charge in [0.25, 0.3) is 11.8 Å². The molecule has 2 bridgehead atoms. The first kappa shape index (κ1) is 18.8. The van der Waals surface area contributed by atoms with Crippen LogP contribution in [0.3, 0.4) is 0 Å². The van der Waals surface area contributed by atoms with Gasteiger partial charge >= 0.3 is 0 Å². The largest absolute Gasteiger partial charge is 0.489 e. The zero-order chi connectivity index (χ0) is 19.2. The van der Waals surface area contributed by atoms with Crippen LogP contribution in [0.25, 0.3) is 0 Å². The second kappa shape index (κ2) is 8.62. The maximum atomic E-state index is 12.2. The minimum absolute atomic E-state index is 0.262. The number of rotatable bonds is 6. The highest BCUT2D eigenvalue weighted by molar-refractivity contribution is 6.23. The number of carbonyl (C=O) groups excluding carboxylic acids is 3. The maximum Gasteiger partial charge on any atom is 0.262 e. The first-order valence-corrected chi connectivity index (χ1v) is 9.31. The molecular weight excluding hydrogens is 342 g/mol. The summed E-state index contributed by atoms with van der Waals surface area (Å²) in [5.74, 6) is 0.374. The first-order chi connectivity index (χ1) is 13.2. The fraction of sp³-hybridized carbons (Fsp3) is 0.318. The molecule has 2 aromatic rings. The van der Waals surface area contributed by atoms with Crippen LogP contribution in [0.4, 0.5) is 0 Å². The Morgan fingerprint density at radius 3 is 2.30 bits per heavy atom. The van der Waals surface area contributed by atoms with Crippen LogP contribution in [0.2, 0.25) is 0 Å². The Kier molecular flexibility index (Phi) is 6.01. The second-order valence-electron chi connectivity index (χ2n) is 6.64. The SMILES string of the molecule is CCCCCCN1C(=O)c2cccc(C=O)c2C1=O.c1cc2ccc1CO2. The molecule has 0 aromatic heterocycles. The number of hydrogen-bond donors (Lipinski definition) is 0. The Morgan fingerprint density at radius 1 is 1.00 bits per heavy atom. The van der Waals surface area contributed by atoms with E-state index in [-0.39, 0.29) is 17.4 Å².